The molecule has 10 heteroatoms. The van der Waals surface area contributed by atoms with E-state index in [2.05, 4.69) is 5.43 Å². The van der Waals surface area contributed by atoms with E-state index >= 15 is 0 Å². The van der Waals surface area contributed by atoms with Gasteiger partial charge in [-0.2, -0.15) is 5.84 Å². The molecule has 24 heavy (non-hydrogen) atoms. The average molecular weight is 347 g/mol. The van der Waals surface area contributed by atoms with E-state index < -0.39 is 54.6 Å². The average Bonchev–Trinajstić information content (AvgIpc) is 2.39. The largest absolute Gasteiger partial charge is 0.481 e. The van der Waals surface area contributed by atoms with Crippen molar-refractivity contribution in [3.63, 3.8) is 0 Å². The van der Waals surface area contributed by atoms with E-state index in [1.165, 1.54) is 0 Å². The summed E-state index contributed by atoms with van der Waals surface area (Å²) in [7, 11) is 0. The summed E-state index contributed by atoms with van der Waals surface area (Å²) in [5.74, 6) is 2.18. The molecule has 0 bridgehead atoms. The molecule has 0 aromatic rings. The minimum absolute atomic E-state index is 0.0791. The minimum atomic E-state index is -1.39. The van der Waals surface area contributed by atoms with Crippen molar-refractivity contribution in [2.45, 2.75) is 57.4 Å². The van der Waals surface area contributed by atoms with Crippen LogP contribution in [0.4, 0.5) is 0 Å². The van der Waals surface area contributed by atoms with Gasteiger partial charge in [-0.25, -0.2) is 5.43 Å². The number of carbonyl (C=O) groups is 4. The van der Waals surface area contributed by atoms with Crippen LogP contribution in [0.25, 0.3) is 0 Å². The van der Waals surface area contributed by atoms with Gasteiger partial charge < -0.3 is 20.4 Å². The lowest BCUT2D eigenvalue weighted by Crippen LogP contribution is -2.31. The molecule has 0 aromatic carbocycles. The molecule has 0 aliphatic heterocycles. The second-order valence-corrected chi connectivity index (χ2v) is 5.90. The van der Waals surface area contributed by atoms with Crippen molar-refractivity contribution in [1.29, 1.82) is 0 Å². The van der Waals surface area contributed by atoms with E-state index in [9.17, 15) is 19.2 Å². The van der Waals surface area contributed by atoms with Crippen molar-refractivity contribution >= 4 is 23.9 Å². The van der Waals surface area contributed by atoms with Crippen molar-refractivity contribution in [3.8, 4) is 0 Å². The Labute approximate surface area is 138 Å². The number of carboxylic acids is 4. The van der Waals surface area contributed by atoms with E-state index in [1.54, 1.807) is 0 Å². The van der Waals surface area contributed by atoms with E-state index in [0.29, 0.717) is 19.3 Å². The van der Waals surface area contributed by atoms with Crippen LogP contribution in [0, 0.1) is 5.41 Å². The molecule has 10 nitrogen and oxygen atoms in total. The first-order valence-corrected chi connectivity index (χ1v) is 7.39. The zero-order chi connectivity index (χ0) is 18.8. The summed E-state index contributed by atoms with van der Waals surface area (Å²) in [6.45, 7) is 0. The molecule has 0 saturated carbocycles. The molecule has 6 N–H and O–H groups in total. The zero-order valence-electron chi connectivity index (χ0n) is 13.2. The Morgan fingerprint density at radius 3 is 1.62 bits per heavy atom. The fraction of sp³-hybridized carbons (Fsp3) is 0.714. The molecule has 1 unspecified atom stereocenters. The van der Waals surface area contributed by atoms with Gasteiger partial charge in [0.2, 0.25) is 0 Å². The highest BCUT2D eigenvalue weighted by atomic mass is 16.4. The zero-order valence-corrected chi connectivity index (χ0v) is 13.2. The van der Waals surface area contributed by atoms with E-state index in [0.717, 1.165) is 0 Å². The van der Waals surface area contributed by atoms with Crippen LogP contribution in [0.5, 0.6) is 0 Å². The van der Waals surface area contributed by atoms with Gasteiger partial charge >= 0.3 is 23.9 Å². The van der Waals surface area contributed by atoms with Crippen molar-refractivity contribution in [1.82, 2.24) is 11.3 Å². The normalized spacial score (nSPS) is 12.5. The number of carboxylic acid groups (broad SMARTS) is 4. The summed E-state index contributed by atoms with van der Waals surface area (Å²) in [4.78, 5) is 43.6. The van der Waals surface area contributed by atoms with Crippen LogP contribution < -0.4 is 11.3 Å². The molecule has 0 heterocycles. The molecule has 1 atom stereocenters. The quantitative estimate of drug-likeness (QED) is 0.221. The number of hydrogen-bond acceptors (Lipinski definition) is 5. The lowest BCUT2D eigenvalue weighted by Gasteiger charge is -2.29. The molecule has 137 valence electrons. The Bertz CT molecular complexity index is 425. The highest BCUT2D eigenvalue weighted by Gasteiger charge is 2.37. The Morgan fingerprint density at radius 1 is 0.833 bits per heavy atom. The van der Waals surface area contributed by atoms with Crippen molar-refractivity contribution in [3.05, 3.63) is 0 Å². The first-order valence-electron chi connectivity index (χ1n) is 7.39. The summed E-state index contributed by atoms with van der Waals surface area (Å²) in [6, 6.07) is -0.574. The first kappa shape index (κ1) is 21.8. The molecule has 0 aliphatic carbocycles. The SMILES string of the molecule is [NH]NC(CCCCC(CC(=O)O)(CC(=O)O)CC(=O)O)CC(=O)O. The number of rotatable bonds is 14. The Hall–Kier alpha value is -2.20. The van der Waals surface area contributed by atoms with Crippen LogP contribution in [-0.4, -0.2) is 50.3 Å². The third kappa shape index (κ3) is 9.74. The predicted molar refractivity (Wildman–Crippen MR) is 79.9 cm³/mol. The summed E-state index contributed by atoms with van der Waals surface area (Å²) in [5.41, 5.74) is 0.726. The smallest absolute Gasteiger partial charge is 0.304 e. The molecule has 1 radical (unpaired) electrons. The maximum Gasteiger partial charge on any atom is 0.304 e. The van der Waals surface area contributed by atoms with Gasteiger partial charge in [-0.3, -0.25) is 19.2 Å². The molecule has 0 saturated heterocycles. The maximum absolute atomic E-state index is 11.0. The molecular weight excluding hydrogens is 324 g/mol. The van der Waals surface area contributed by atoms with Crippen molar-refractivity contribution < 1.29 is 39.6 Å². The first-order chi connectivity index (χ1) is 11.1. The number of unbranched alkanes of at least 4 members (excludes halogenated alkanes) is 1. The second kappa shape index (κ2) is 10.6. The summed E-state index contributed by atoms with van der Waals surface area (Å²) >= 11 is 0. The topological polar surface area (TPSA) is 185 Å². The fourth-order valence-corrected chi connectivity index (χ4v) is 2.74. The molecule has 0 amide bonds. The van der Waals surface area contributed by atoms with Crippen LogP contribution >= 0.6 is 0 Å². The Kier molecular flexibility index (Phi) is 9.58. The molecule has 0 spiro atoms. The van der Waals surface area contributed by atoms with Crippen LogP contribution in [0.2, 0.25) is 0 Å². The fourth-order valence-electron chi connectivity index (χ4n) is 2.74. The number of hydrogen-bond donors (Lipinski definition) is 5. The summed E-state index contributed by atoms with van der Waals surface area (Å²) < 4.78 is 0. The maximum atomic E-state index is 11.0. The predicted octanol–water partition coefficient (Wildman–Crippen LogP) is 0.588. The van der Waals surface area contributed by atoms with Crippen LogP contribution in [-0.2, 0) is 19.2 Å². The van der Waals surface area contributed by atoms with Gasteiger partial charge in [-0.1, -0.05) is 12.8 Å². The second-order valence-electron chi connectivity index (χ2n) is 5.90. The number of nitrogens with one attached hydrogen (secondary N) is 2. The lowest BCUT2D eigenvalue weighted by atomic mass is 9.74. The van der Waals surface area contributed by atoms with E-state index in [4.69, 9.17) is 26.3 Å². The van der Waals surface area contributed by atoms with Gasteiger partial charge in [0.05, 0.1) is 25.7 Å². The van der Waals surface area contributed by atoms with E-state index in [1.807, 2.05) is 0 Å². The Balaban J connectivity index is 4.79. The minimum Gasteiger partial charge on any atom is -0.481 e. The molecule has 0 rings (SSSR count). The van der Waals surface area contributed by atoms with Gasteiger partial charge in [0.25, 0.3) is 0 Å². The third-order valence-corrected chi connectivity index (χ3v) is 3.71. The van der Waals surface area contributed by atoms with Crippen LogP contribution in [0.3, 0.4) is 0 Å². The summed E-state index contributed by atoms with van der Waals surface area (Å²) in [6.07, 6.45) is -0.776. The van der Waals surface area contributed by atoms with Gasteiger partial charge in [0.15, 0.2) is 0 Å². The van der Waals surface area contributed by atoms with Gasteiger partial charge in [0, 0.05) is 11.5 Å². The van der Waals surface area contributed by atoms with Crippen LogP contribution in [0.1, 0.15) is 51.4 Å². The molecular formula is C14H23N2O8. The van der Waals surface area contributed by atoms with Gasteiger partial charge in [-0.15, -0.1) is 0 Å². The highest BCUT2D eigenvalue weighted by molar-refractivity contribution is 5.75. The van der Waals surface area contributed by atoms with Crippen molar-refractivity contribution in [2.24, 2.45) is 5.41 Å². The summed E-state index contributed by atoms with van der Waals surface area (Å²) in [5, 5.41) is 35.6. The van der Waals surface area contributed by atoms with Gasteiger partial charge in [0.1, 0.15) is 0 Å². The standard InChI is InChI=1S/C14H23N2O8/c15-16-9(5-10(17)18)3-1-2-4-14(6-11(19)20,7-12(21)22)8-13(23)24/h9,15-16H,1-8H2,(H,17,18)(H,19,20)(H,21,22)(H,23,24). The molecule has 0 fully saturated rings. The monoisotopic (exact) mass is 347 g/mol. The van der Waals surface area contributed by atoms with Gasteiger partial charge in [-0.05, 0) is 12.8 Å². The lowest BCUT2D eigenvalue weighted by molar-refractivity contribution is -0.148. The van der Waals surface area contributed by atoms with E-state index in [-0.39, 0.29) is 12.8 Å². The number of aliphatic carboxylic acids is 4. The molecule has 0 aromatic heterocycles. The molecule has 0 aliphatic rings. The van der Waals surface area contributed by atoms with Crippen molar-refractivity contribution in [2.75, 3.05) is 0 Å². The Morgan fingerprint density at radius 2 is 1.29 bits per heavy atom. The highest BCUT2D eigenvalue weighted by Crippen LogP contribution is 2.37. The van der Waals surface area contributed by atoms with Crippen LogP contribution in [0.15, 0.2) is 0 Å². The third-order valence-electron chi connectivity index (χ3n) is 3.71.